The first-order valence-corrected chi connectivity index (χ1v) is 9.91. The van der Waals surface area contributed by atoms with E-state index in [-0.39, 0.29) is 11.8 Å². The fraction of sp³-hybridized carbons (Fsp3) is 0.579. The average Bonchev–Trinajstić information content (AvgIpc) is 2.83. The average molecular weight is 362 g/mol. The molecule has 1 atom stereocenters. The van der Waals surface area contributed by atoms with Crippen LogP contribution in [0.4, 0.5) is 5.69 Å². The molecule has 136 valence electrons. The smallest absolute Gasteiger partial charge is 0.246 e. The molecule has 0 saturated carbocycles. The van der Waals surface area contributed by atoms with Gasteiger partial charge in [-0.1, -0.05) is 18.2 Å². The first-order valence-electron chi connectivity index (χ1n) is 8.93. The summed E-state index contributed by atoms with van der Waals surface area (Å²) in [5.41, 5.74) is 2.51. The Morgan fingerprint density at radius 3 is 2.68 bits per heavy atom. The first kappa shape index (κ1) is 18.1. The number of aryl methyl sites for hydroxylation is 1. The summed E-state index contributed by atoms with van der Waals surface area (Å²) in [6.45, 7) is 9.16. The Balaban J connectivity index is 1.62. The molecular weight excluding hydrogens is 334 g/mol. The number of para-hydroxylation sites is 1. The van der Waals surface area contributed by atoms with Crippen molar-refractivity contribution in [2.45, 2.75) is 38.0 Å². The van der Waals surface area contributed by atoms with Gasteiger partial charge >= 0.3 is 0 Å². The second-order valence-electron chi connectivity index (χ2n) is 7.30. The van der Waals surface area contributed by atoms with E-state index >= 15 is 0 Å². The maximum Gasteiger partial charge on any atom is 0.246 e. The summed E-state index contributed by atoms with van der Waals surface area (Å²) >= 11 is 1.56. The largest absolute Gasteiger partial charge is 0.369 e. The van der Waals surface area contributed by atoms with Gasteiger partial charge in [0.15, 0.2) is 0 Å². The van der Waals surface area contributed by atoms with Gasteiger partial charge in [-0.15, -0.1) is 11.8 Å². The van der Waals surface area contributed by atoms with Gasteiger partial charge in [0, 0.05) is 37.6 Å². The van der Waals surface area contributed by atoms with Gasteiger partial charge in [-0.3, -0.25) is 9.59 Å². The van der Waals surface area contributed by atoms with Crippen molar-refractivity contribution in [3.63, 3.8) is 0 Å². The molecule has 25 heavy (non-hydrogen) atoms. The van der Waals surface area contributed by atoms with E-state index in [1.807, 2.05) is 18.7 Å². The number of thioether (sulfide) groups is 1. The highest BCUT2D eigenvalue weighted by Gasteiger charge is 2.39. The third kappa shape index (κ3) is 3.94. The second kappa shape index (κ2) is 7.28. The third-order valence-electron chi connectivity index (χ3n) is 5.02. The van der Waals surface area contributed by atoms with Crippen LogP contribution in [0.3, 0.4) is 0 Å². The number of carbonyl (C=O) groups excluding carboxylic acids is 2. The quantitative estimate of drug-likeness (QED) is 0.876. The van der Waals surface area contributed by atoms with Crippen LogP contribution in [0.1, 0.15) is 25.8 Å². The SMILES string of the molecule is Cc1ccccc1N1CCCN(C(=O)C2CSC(C)(C)C(=O)N2)CC1. The lowest BCUT2D eigenvalue weighted by atomic mass is 10.1. The number of nitrogens with one attached hydrogen (secondary N) is 1. The van der Waals surface area contributed by atoms with Crippen LogP contribution in [0, 0.1) is 6.92 Å². The van der Waals surface area contributed by atoms with E-state index in [0.717, 1.165) is 26.1 Å². The zero-order valence-electron chi connectivity index (χ0n) is 15.2. The monoisotopic (exact) mass is 361 g/mol. The van der Waals surface area contributed by atoms with Crippen LogP contribution in [-0.2, 0) is 9.59 Å². The summed E-state index contributed by atoms with van der Waals surface area (Å²) < 4.78 is -0.447. The second-order valence-corrected chi connectivity index (χ2v) is 8.94. The highest BCUT2D eigenvalue weighted by Crippen LogP contribution is 2.29. The Kier molecular flexibility index (Phi) is 5.27. The Morgan fingerprint density at radius 2 is 1.96 bits per heavy atom. The number of hydrogen-bond acceptors (Lipinski definition) is 4. The number of carbonyl (C=O) groups is 2. The van der Waals surface area contributed by atoms with E-state index in [4.69, 9.17) is 0 Å². The first-order chi connectivity index (χ1) is 11.9. The predicted molar refractivity (Wildman–Crippen MR) is 103 cm³/mol. The van der Waals surface area contributed by atoms with Crippen molar-refractivity contribution >= 4 is 29.3 Å². The lowest BCUT2D eigenvalue weighted by Crippen LogP contribution is -2.58. The third-order valence-corrected chi connectivity index (χ3v) is 6.43. The highest BCUT2D eigenvalue weighted by molar-refractivity contribution is 8.01. The molecular formula is C19H27N3O2S. The number of rotatable bonds is 2. The normalized spacial score (nSPS) is 23.8. The molecule has 0 radical (unpaired) electrons. The fourth-order valence-corrected chi connectivity index (χ4v) is 4.38. The highest BCUT2D eigenvalue weighted by atomic mass is 32.2. The van der Waals surface area contributed by atoms with Gasteiger partial charge < -0.3 is 15.1 Å². The van der Waals surface area contributed by atoms with E-state index in [0.29, 0.717) is 12.3 Å². The number of benzene rings is 1. The summed E-state index contributed by atoms with van der Waals surface area (Å²) in [6, 6.07) is 7.99. The van der Waals surface area contributed by atoms with Crippen molar-refractivity contribution < 1.29 is 9.59 Å². The summed E-state index contributed by atoms with van der Waals surface area (Å²) in [4.78, 5) is 29.3. The molecule has 1 aromatic rings. The van der Waals surface area contributed by atoms with Crippen LogP contribution in [0.2, 0.25) is 0 Å². The van der Waals surface area contributed by atoms with E-state index in [1.54, 1.807) is 11.8 Å². The van der Waals surface area contributed by atoms with Crippen molar-refractivity contribution in [3.8, 4) is 0 Å². The van der Waals surface area contributed by atoms with Crippen molar-refractivity contribution in [1.29, 1.82) is 0 Å². The van der Waals surface area contributed by atoms with Gasteiger partial charge in [-0.05, 0) is 38.8 Å². The molecule has 0 aromatic heterocycles. The molecule has 2 amide bonds. The molecule has 2 heterocycles. The molecule has 0 aliphatic carbocycles. The Hall–Kier alpha value is -1.69. The minimum atomic E-state index is -0.447. The maximum absolute atomic E-state index is 12.9. The topological polar surface area (TPSA) is 52.7 Å². The van der Waals surface area contributed by atoms with Crippen molar-refractivity contribution in [1.82, 2.24) is 10.2 Å². The zero-order chi connectivity index (χ0) is 18.0. The zero-order valence-corrected chi connectivity index (χ0v) is 16.1. The van der Waals surface area contributed by atoms with Crippen LogP contribution < -0.4 is 10.2 Å². The molecule has 2 aliphatic rings. The van der Waals surface area contributed by atoms with Crippen LogP contribution in [0.15, 0.2) is 24.3 Å². The molecule has 1 N–H and O–H groups in total. The van der Waals surface area contributed by atoms with Crippen molar-refractivity contribution in [2.75, 3.05) is 36.8 Å². The maximum atomic E-state index is 12.9. The van der Waals surface area contributed by atoms with E-state index in [2.05, 4.69) is 41.4 Å². The summed E-state index contributed by atoms with van der Waals surface area (Å²) in [5.74, 6) is 0.664. The van der Waals surface area contributed by atoms with Crippen LogP contribution in [0.5, 0.6) is 0 Å². The van der Waals surface area contributed by atoms with Crippen molar-refractivity contribution in [2.24, 2.45) is 0 Å². The molecule has 2 fully saturated rings. The van der Waals surface area contributed by atoms with Gasteiger partial charge in [0.05, 0.1) is 4.75 Å². The Morgan fingerprint density at radius 1 is 1.20 bits per heavy atom. The summed E-state index contributed by atoms with van der Waals surface area (Å²) in [7, 11) is 0. The van der Waals surface area contributed by atoms with Crippen molar-refractivity contribution in [3.05, 3.63) is 29.8 Å². The van der Waals surface area contributed by atoms with E-state index in [9.17, 15) is 9.59 Å². The fourth-order valence-electron chi connectivity index (χ4n) is 3.38. The summed E-state index contributed by atoms with van der Waals surface area (Å²) in [6.07, 6.45) is 0.944. The van der Waals surface area contributed by atoms with Crippen LogP contribution in [0.25, 0.3) is 0 Å². The van der Waals surface area contributed by atoms with Gasteiger partial charge in [0.25, 0.3) is 0 Å². The van der Waals surface area contributed by atoms with Gasteiger partial charge in [0.1, 0.15) is 6.04 Å². The Bertz CT molecular complexity index is 662. The molecule has 2 aliphatic heterocycles. The lowest BCUT2D eigenvalue weighted by molar-refractivity contribution is -0.136. The number of hydrogen-bond donors (Lipinski definition) is 1. The van der Waals surface area contributed by atoms with E-state index in [1.165, 1.54) is 11.3 Å². The van der Waals surface area contributed by atoms with Gasteiger partial charge in [0.2, 0.25) is 11.8 Å². The molecule has 5 nitrogen and oxygen atoms in total. The standard InChI is InChI=1S/C19H27N3O2S/c1-14-7-4-5-8-16(14)21-9-6-10-22(12-11-21)17(23)15-13-25-19(2,3)18(24)20-15/h4-5,7-8,15H,6,9-13H2,1-3H3,(H,20,24). The van der Waals surface area contributed by atoms with Gasteiger partial charge in [-0.2, -0.15) is 0 Å². The lowest BCUT2D eigenvalue weighted by Gasteiger charge is -2.35. The molecule has 1 aromatic carbocycles. The minimum Gasteiger partial charge on any atom is -0.369 e. The molecule has 0 spiro atoms. The van der Waals surface area contributed by atoms with Crippen LogP contribution in [-0.4, -0.2) is 59.4 Å². The number of amides is 2. The molecule has 6 heteroatoms. The van der Waals surface area contributed by atoms with E-state index < -0.39 is 10.8 Å². The Labute approximate surface area is 154 Å². The number of nitrogens with zero attached hydrogens (tertiary/aromatic N) is 2. The molecule has 2 saturated heterocycles. The minimum absolute atomic E-state index is 0.0431. The number of anilines is 1. The predicted octanol–water partition coefficient (Wildman–Crippen LogP) is 2.04. The van der Waals surface area contributed by atoms with Crippen LogP contribution >= 0.6 is 11.8 Å². The summed E-state index contributed by atoms with van der Waals surface area (Å²) in [5, 5.41) is 2.91. The molecule has 0 bridgehead atoms. The molecule has 3 rings (SSSR count). The van der Waals surface area contributed by atoms with Gasteiger partial charge in [-0.25, -0.2) is 0 Å². The molecule has 1 unspecified atom stereocenters.